The summed E-state index contributed by atoms with van der Waals surface area (Å²) in [5, 5.41) is 22.0. The molecule has 7 rings (SSSR count). The average Bonchev–Trinajstić information content (AvgIpc) is 3.72. The number of hydrogen-bond acceptors (Lipinski definition) is 20. The average molecular weight is 718 g/mol. The van der Waals surface area contributed by atoms with Crippen LogP contribution in [-0.4, -0.2) is 99.1 Å². The van der Waals surface area contributed by atoms with E-state index < -0.39 is 83.5 Å². The van der Waals surface area contributed by atoms with Crippen LogP contribution in [0.4, 0.5) is 11.8 Å². The number of aromatic amines is 1. The second-order valence-electron chi connectivity index (χ2n) is 10.1. The Balaban J connectivity index is 0.00000217. The van der Waals surface area contributed by atoms with Crippen molar-refractivity contribution in [3.8, 4) is 0 Å². The molecule has 3 aliphatic heterocycles. The number of phosphoric acid groups is 2. The van der Waals surface area contributed by atoms with E-state index in [0.717, 1.165) is 17.2 Å². The van der Waals surface area contributed by atoms with E-state index in [9.17, 15) is 33.9 Å². The van der Waals surface area contributed by atoms with E-state index >= 15 is 0 Å². The van der Waals surface area contributed by atoms with Crippen molar-refractivity contribution in [2.24, 2.45) is 0 Å². The molecule has 7 heterocycles. The maximum Gasteiger partial charge on any atom is 1.00 e. The van der Waals surface area contributed by atoms with Gasteiger partial charge < -0.3 is 59.0 Å². The van der Waals surface area contributed by atoms with Crippen LogP contribution in [0.3, 0.4) is 0 Å². The van der Waals surface area contributed by atoms with Gasteiger partial charge in [-0.15, -0.1) is 0 Å². The number of anilines is 2. The fourth-order valence-electron chi connectivity index (χ4n) is 5.28. The third-order valence-corrected chi connectivity index (χ3v) is 9.24. The number of aromatic nitrogens is 8. The number of imidazole rings is 2. The van der Waals surface area contributed by atoms with Crippen LogP contribution in [0.2, 0.25) is 0 Å². The predicted molar refractivity (Wildman–Crippen MR) is 139 cm³/mol. The van der Waals surface area contributed by atoms with Gasteiger partial charge >= 0.3 is 59.1 Å². The number of hydrogen-bond donors (Lipinski definition) is 5. The third kappa shape index (κ3) is 6.85. The molecule has 7 N–H and O–H groups in total. The first kappa shape index (κ1) is 36.8. The van der Waals surface area contributed by atoms with Crippen LogP contribution >= 0.6 is 15.6 Å². The molecule has 242 valence electrons. The maximum absolute atomic E-state index is 13.1. The van der Waals surface area contributed by atoms with Gasteiger partial charge in [0.25, 0.3) is 21.2 Å². The van der Waals surface area contributed by atoms with Gasteiger partial charge in [-0.25, -0.2) is 19.9 Å². The normalized spacial score (nSPS) is 36.1. The van der Waals surface area contributed by atoms with E-state index in [0.29, 0.717) is 0 Å². The van der Waals surface area contributed by atoms with E-state index in [4.69, 9.17) is 39.0 Å². The van der Waals surface area contributed by atoms with Crippen LogP contribution in [0.5, 0.6) is 0 Å². The molecule has 0 aliphatic carbocycles. The van der Waals surface area contributed by atoms with Gasteiger partial charge in [0.15, 0.2) is 35.1 Å². The summed E-state index contributed by atoms with van der Waals surface area (Å²) in [6.45, 7) is -1.83. The van der Waals surface area contributed by atoms with E-state index in [1.54, 1.807) is 0 Å². The third-order valence-electron chi connectivity index (χ3n) is 7.30. The largest absolute Gasteiger partial charge is 1.00 e. The molecule has 27 heteroatoms. The summed E-state index contributed by atoms with van der Waals surface area (Å²) in [4.78, 5) is 60.4. The van der Waals surface area contributed by atoms with E-state index in [1.807, 2.05) is 0 Å². The van der Waals surface area contributed by atoms with Crippen molar-refractivity contribution in [1.82, 2.24) is 39.0 Å². The van der Waals surface area contributed by atoms with Crippen molar-refractivity contribution < 1.29 is 116 Å². The molecule has 3 saturated heterocycles. The van der Waals surface area contributed by atoms with Gasteiger partial charge in [-0.1, -0.05) is 0 Å². The fourth-order valence-corrected chi connectivity index (χ4v) is 7.15. The Morgan fingerprint density at radius 1 is 0.830 bits per heavy atom. The Labute approximate surface area is 305 Å². The SMILES string of the molecule is Nc1nc2c(ncn2[C@@H]2O[C@@H]3COP(=O)([O-])O[C@H]4[C@@H](O)[C@H](n5cnc6c(N)ncnc65)O[C@@H]4COP(=O)([O-])O[C@@H]2C3O)c(=O)[nH]1.[Na+].[Na+]. The monoisotopic (exact) mass is 718 g/mol. The Hall–Kier alpha value is -1.44. The number of nitrogen functional groups attached to an aromatic ring is 2. The van der Waals surface area contributed by atoms with Crippen molar-refractivity contribution in [1.29, 1.82) is 0 Å². The molecule has 0 saturated carbocycles. The predicted octanol–water partition coefficient (Wildman–Crippen LogP) is -9.60. The Morgan fingerprint density at radius 3 is 2.13 bits per heavy atom. The number of nitrogens with two attached hydrogens (primary N) is 2. The van der Waals surface area contributed by atoms with Gasteiger partial charge in [0.05, 0.1) is 25.9 Å². The molecule has 2 bridgehead atoms. The Bertz CT molecular complexity index is 1950. The minimum atomic E-state index is -5.38. The van der Waals surface area contributed by atoms with E-state index in [1.165, 1.54) is 10.9 Å². The molecule has 0 radical (unpaired) electrons. The van der Waals surface area contributed by atoms with Gasteiger partial charge in [-0.3, -0.25) is 28.0 Å². The zero-order valence-corrected chi connectivity index (χ0v) is 30.1. The summed E-state index contributed by atoms with van der Waals surface area (Å²) in [5.74, 6) is -0.289. The molecule has 4 aromatic heterocycles. The van der Waals surface area contributed by atoms with Crippen LogP contribution in [0.25, 0.3) is 22.3 Å². The number of nitrogens with one attached hydrogen (secondary N) is 1. The smallest absolute Gasteiger partial charge is 0.756 e. The van der Waals surface area contributed by atoms with Gasteiger partial charge in [-0.05, 0) is 0 Å². The molecule has 0 amide bonds. The summed E-state index contributed by atoms with van der Waals surface area (Å²) in [7, 11) is -10.7. The molecular formula is C20H22N10Na2O13P2. The number of phosphoric ester groups is 2. The molecule has 0 spiro atoms. The topological polar surface area (TPSA) is 335 Å². The number of aliphatic hydroxyl groups is 2. The van der Waals surface area contributed by atoms with Gasteiger partial charge in [0.2, 0.25) is 5.95 Å². The molecule has 10 atom stereocenters. The molecule has 4 aromatic rings. The zero-order chi connectivity index (χ0) is 31.8. The number of nitrogens with zero attached hydrogens (tertiary/aromatic N) is 7. The maximum atomic E-state index is 13.1. The van der Waals surface area contributed by atoms with Crippen LogP contribution in [0, 0.1) is 0 Å². The molecule has 0 aromatic carbocycles. The summed E-state index contributed by atoms with van der Waals surface area (Å²) < 4.78 is 60.1. The van der Waals surface area contributed by atoms with Crippen LogP contribution in [-0.2, 0) is 36.7 Å². The first-order chi connectivity index (χ1) is 21.3. The molecule has 23 nitrogen and oxygen atoms in total. The second kappa shape index (κ2) is 13.7. The summed E-state index contributed by atoms with van der Waals surface area (Å²) >= 11 is 0. The molecular weight excluding hydrogens is 696 g/mol. The van der Waals surface area contributed by atoms with Crippen molar-refractivity contribution >= 4 is 49.7 Å². The van der Waals surface area contributed by atoms with Gasteiger partial charge in [0, 0.05) is 0 Å². The quantitative estimate of drug-likeness (QED) is 0.0948. The van der Waals surface area contributed by atoms with Crippen molar-refractivity contribution in [2.45, 2.75) is 49.1 Å². The molecule has 3 aliphatic rings. The van der Waals surface area contributed by atoms with E-state index in [2.05, 4.69) is 29.9 Å². The minimum Gasteiger partial charge on any atom is -0.756 e. The first-order valence-corrected chi connectivity index (χ1v) is 15.8. The second-order valence-corrected chi connectivity index (χ2v) is 12.8. The van der Waals surface area contributed by atoms with E-state index in [-0.39, 0.29) is 93.2 Å². The number of aliphatic hydroxyl groups excluding tert-OH is 2. The molecule has 47 heavy (non-hydrogen) atoms. The Morgan fingerprint density at radius 2 is 1.43 bits per heavy atom. The first-order valence-electron chi connectivity index (χ1n) is 12.9. The van der Waals surface area contributed by atoms with Crippen molar-refractivity contribution in [3.05, 3.63) is 29.3 Å². The number of ether oxygens (including phenoxy) is 2. The van der Waals surface area contributed by atoms with Gasteiger partial charge in [-0.2, -0.15) is 4.98 Å². The minimum absolute atomic E-state index is 0. The fraction of sp³-hybridized carbons (Fsp3) is 0.500. The van der Waals surface area contributed by atoms with Gasteiger partial charge in [0.1, 0.15) is 48.5 Å². The molecule has 3 unspecified atom stereocenters. The van der Waals surface area contributed by atoms with Crippen molar-refractivity contribution in [2.75, 3.05) is 24.7 Å². The number of rotatable bonds is 2. The number of fused-ring (bicyclic) bond motifs is 5. The van der Waals surface area contributed by atoms with Crippen LogP contribution in [0.1, 0.15) is 12.5 Å². The zero-order valence-electron chi connectivity index (χ0n) is 24.3. The van der Waals surface area contributed by atoms with Crippen LogP contribution < -0.4 is 85.9 Å². The number of H-pyrrole nitrogens is 1. The van der Waals surface area contributed by atoms with Crippen molar-refractivity contribution in [3.63, 3.8) is 0 Å². The Kier molecular flexibility index (Phi) is 10.7. The standard InChI is InChI=1S/C20H24N10O13P2.2Na/c21-14-8-15(24-3-23-14)29(4-25-8)18-11(32)12-7(41-18)2-39-45(36,37)43-13-10(31)6(1-38-44(34,35)42-12)40-19(13)30-5-26-9-16(30)27-20(22)28-17(9)33;;/h3-7,10-13,18-19,31-32H,1-2H2,(H,34,35)(H,36,37)(H2,21,23,24)(H3,22,27,28,33);;/q;2*+1/p-2/t6-,7-,10?,11-,12-,13-,18-,19-;;/m1../s1. The summed E-state index contributed by atoms with van der Waals surface area (Å²) in [5.41, 5.74) is 10.6. The summed E-state index contributed by atoms with van der Waals surface area (Å²) in [6.07, 6.45) is -9.85. The summed E-state index contributed by atoms with van der Waals surface area (Å²) in [6, 6.07) is 0. The molecule has 3 fully saturated rings. The van der Waals surface area contributed by atoms with Crippen LogP contribution in [0.15, 0.2) is 23.8 Å².